The number of carbonyl (C=O) groups excluding carboxylic acids is 1. The van der Waals surface area contributed by atoms with Gasteiger partial charge in [0.05, 0.1) is 17.0 Å². The summed E-state index contributed by atoms with van der Waals surface area (Å²) in [5, 5.41) is 4.88. The van der Waals surface area contributed by atoms with Crippen LogP contribution in [0.2, 0.25) is 0 Å². The average Bonchev–Trinajstić information content (AvgIpc) is 2.83. The molecule has 0 spiro atoms. The Morgan fingerprint density at radius 2 is 1.96 bits per heavy atom. The quantitative estimate of drug-likeness (QED) is 0.774. The van der Waals surface area contributed by atoms with E-state index in [9.17, 15) is 4.79 Å². The second-order valence-corrected chi connectivity index (χ2v) is 9.88. The van der Waals surface area contributed by atoms with E-state index in [0.29, 0.717) is 12.3 Å². The fraction of sp³-hybridized carbons (Fsp3) is 0.591. The first kappa shape index (κ1) is 18.8. The second-order valence-electron chi connectivity index (χ2n) is 9.88. The summed E-state index contributed by atoms with van der Waals surface area (Å²) in [6.07, 6.45) is 5.17. The summed E-state index contributed by atoms with van der Waals surface area (Å²) in [6, 6.07) is 5.83. The molecule has 0 aromatic carbocycles. The molecular formula is C22H31N3O. The first-order valence-corrected chi connectivity index (χ1v) is 9.61. The van der Waals surface area contributed by atoms with Gasteiger partial charge in [-0.1, -0.05) is 47.6 Å². The fourth-order valence-corrected chi connectivity index (χ4v) is 4.29. The van der Waals surface area contributed by atoms with Gasteiger partial charge >= 0.3 is 0 Å². The van der Waals surface area contributed by atoms with Crippen molar-refractivity contribution in [2.45, 2.75) is 67.2 Å². The van der Waals surface area contributed by atoms with Crippen LogP contribution in [0.1, 0.15) is 76.1 Å². The molecule has 0 amide bonds. The smallest absolute Gasteiger partial charge is 0.167 e. The largest absolute Gasteiger partial charge is 0.294 e. The first-order valence-electron chi connectivity index (χ1n) is 9.61. The molecule has 0 N–H and O–H groups in total. The lowest BCUT2D eigenvalue weighted by Crippen LogP contribution is -2.28. The van der Waals surface area contributed by atoms with Crippen LogP contribution >= 0.6 is 0 Å². The maximum Gasteiger partial charge on any atom is 0.167 e. The van der Waals surface area contributed by atoms with Crippen LogP contribution in [-0.2, 0) is 12.8 Å². The van der Waals surface area contributed by atoms with Crippen molar-refractivity contribution in [3.05, 3.63) is 41.3 Å². The molecule has 4 heteroatoms. The summed E-state index contributed by atoms with van der Waals surface area (Å²) in [7, 11) is 0. The van der Waals surface area contributed by atoms with Crippen molar-refractivity contribution in [3.63, 3.8) is 0 Å². The minimum Gasteiger partial charge on any atom is -0.294 e. The molecule has 3 rings (SSSR count). The maximum absolute atomic E-state index is 13.0. The zero-order valence-corrected chi connectivity index (χ0v) is 17.0. The molecule has 26 heavy (non-hydrogen) atoms. The van der Waals surface area contributed by atoms with Crippen molar-refractivity contribution in [1.82, 2.24) is 14.8 Å². The Morgan fingerprint density at radius 3 is 2.58 bits per heavy atom. The molecule has 2 heterocycles. The number of aromatic nitrogens is 3. The van der Waals surface area contributed by atoms with Crippen LogP contribution in [-0.4, -0.2) is 20.5 Å². The van der Waals surface area contributed by atoms with Crippen LogP contribution in [0.5, 0.6) is 0 Å². The highest BCUT2D eigenvalue weighted by Gasteiger charge is 2.37. The van der Waals surface area contributed by atoms with E-state index in [2.05, 4.69) is 46.5 Å². The third-order valence-corrected chi connectivity index (χ3v) is 4.99. The number of ketones is 1. The van der Waals surface area contributed by atoms with Crippen molar-refractivity contribution in [2.24, 2.45) is 16.7 Å². The van der Waals surface area contributed by atoms with E-state index in [4.69, 9.17) is 5.10 Å². The van der Waals surface area contributed by atoms with Crippen molar-refractivity contribution in [1.29, 1.82) is 0 Å². The van der Waals surface area contributed by atoms with Crippen LogP contribution in [0.25, 0.3) is 5.82 Å². The normalized spacial score (nSPS) is 17.8. The molecule has 140 valence electrons. The van der Waals surface area contributed by atoms with Crippen molar-refractivity contribution in [3.8, 4) is 5.82 Å². The van der Waals surface area contributed by atoms with E-state index in [0.717, 1.165) is 42.0 Å². The van der Waals surface area contributed by atoms with Gasteiger partial charge in [0.15, 0.2) is 11.6 Å². The molecule has 1 unspecified atom stereocenters. The van der Waals surface area contributed by atoms with E-state index < -0.39 is 0 Å². The van der Waals surface area contributed by atoms with Gasteiger partial charge in [-0.15, -0.1) is 0 Å². The lowest BCUT2D eigenvalue weighted by Gasteiger charge is -2.29. The molecule has 4 nitrogen and oxygen atoms in total. The highest BCUT2D eigenvalue weighted by atomic mass is 16.1. The van der Waals surface area contributed by atoms with Crippen molar-refractivity contribution >= 4 is 5.78 Å². The van der Waals surface area contributed by atoms with Gasteiger partial charge < -0.3 is 0 Å². The molecule has 2 aromatic heterocycles. The summed E-state index contributed by atoms with van der Waals surface area (Å²) in [5.41, 5.74) is 3.07. The van der Waals surface area contributed by atoms with Gasteiger partial charge in [0, 0.05) is 12.6 Å². The predicted molar refractivity (Wildman–Crippen MR) is 105 cm³/mol. The number of carbonyl (C=O) groups is 1. The summed E-state index contributed by atoms with van der Waals surface area (Å²) in [5.74, 6) is 1.51. The monoisotopic (exact) mass is 353 g/mol. The van der Waals surface area contributed by atoms with Gasteiger partial charge in [-0.2, -0.15) is 5.10 Å². The molecule has 1 aliphatic carbocycles. The molecule has 1 atom stereocenters. The molecule has 0 saturated carbocycles. The van der Waals surface area contributed by atoms with E-state index in [-0.39, 0.29) is 16.6 Å². The number of nitrogens with zero attached hydrogens (tertiary/aromatic N) is 3. The number of rotatable bonds is 4. The number of hydrogen-bond acceptors (Lipinski definition) is 3. The fourth-order valence-electron chi connectivity index (χ4n) is 4.29. The lowest BCUT2D eigenvalue weighted by atomic mass is 9.75. The summed E-state index contributed by atoms with van der Waals surface area (Å²) >= 11 is 0. The van der Waals surface area contributed by atoms with E-state index in [1.165, 1.54) is 0 Å². The SMILES string of the molecule is CC(Cc1nn(-c2ccccn2)c2c1C(=O)CC(C)(C)C2)CC(C)(C)C. The van der Waals surface area contributed by atoms with E-state index >= 15 is 0 Å². The van der Waals surface area contributed by atoms with E-state index in [1.807, 2.05) is 22.9 Å². The van der Waals surface area contributed by atoms with Crippen LogP contribution in [0.4, 0.5) is 0 Å². The molecule has 0 fully saturated rings. The highest BCUT2D eigenvalue weighted by Crippen LogP contribution is 2.38. The maximum atomic E-state index is 13.0. The topological polar surface area (TPSA) is 47.8 Å². The summed E-state index contributed by atoms with van der Waals surface area (Å²) in [6.45, 7) is 13.4. The van der Waals surface area contributed by atoms with Crippen LogP contribution < -0.4 is 0 Å². The average molecular weight is 354 g/mol. The Kier molecular flexibility index (Phi) is 4.80. The van der Waals surface area contributed by atoms with Gasteiger partial charge in [-0.05, 0) is 48.1 Å². The lowest BCUT2D eigenvalue weighted by molar-refractivity contribution is 0.0909. The first-order chi connectivity index (χ1) is 12.1. The summed E-state index contributed by atoms with van der Waals surface area (Å²) < 4.78 is 1.91. The zero-order valence-electron chi connectivity index (χ0n) is 17.0. The third kappa shape index (κ3) is 4.05. The standard InChI is InChI=1S/C22H31N3O/c1-15(12-21(2,3)4)11-16-20-17(13-22(5,6)14-18(20)26)25(24-16)19-9-7-8-10-23-19/h7-10,15H,11-14H2,1-6H3. The van der Waals surface area contributed by atoms with Crippen LogP contribution in [0.15, 0.2) is 24.4 Å². The zero-order chi connectivity index (χ0) is 19.1. The van der Waals surface area contributed by atoms with Crippen LogP contribution in [0, 0.1) is 16.7 Å². The molecule has 0 bridgehead atoms. The van der Waals surface area contributed by atoms with Gasteiger partial charge in [0.25, 0.3) is 0 Å². The Labute approximate surface area is 157 Å². The summed E-state index contributed by atoms with van der Waals surface area (Å²) in [4.78, 5) is 17.4. The molecule has 0 radical (unpaired) electrons. The van der Waals surface area contributed by atoms with Gasteiger partial charge in [0.2, 0.25) is 0 Å². The Hall–Kier alpha value is -1.97. The Bertz CT molecular complexity index is 797. The van der Waals surface area contributed by atoms with Gasteiger partial charge in [-0.25, -0.2) is 9.67 Å². The van der Waals surface area contributed by atoms with Crippen molar-refractivity contribution in [2.75, 3.05) is 0 Å². The number of fused-ring (bicyclic) bond motifs is 1. The number of Topliss-reactive ketones (excluding diaryl/α,β-unsaturated/α-hetero) is 1. The van der Waals surface area contributed by atoms with Gasteiger partial charge in [-0.3, -0.25) is 4.79 Å². The van der Waals surface area contributed by atoms with Crippen LogP contribution in [0.3, 0.4) is 0 Å². The van der Waals surface area contributed by atoms with Gasteiger partial charge in [0.1, 0.15) is 0 Å². The number of hydrogen-bond donors (Lipinski definition) is 0. The Morgan fingerprint density at radius 1 is 1.23 bits per heavy atom. The molecule has 1 aliphatic rings. The molecular weight excluding hydrogens is 322 g/mol. The highest BCUT2D eigenvalue weighted by molar-refractivity contribution is 6.00. The Balaban J connectivity index is 2.04. The predicted octanol–water partition coefficient (Wildman–Crippen LogP) is 5.04. The minimum absolute atomic E-state index is 0.0368. The molecule has 0 saturated heterocycles. The van der Waals surface area contributed by atoms with Crippen molar-refractivity contribution < 1.29 is 4.79 Å². The molecule has 0 aliphatic heterocycles. The third-order valence-electron chi connectivity index (χ3n) is 4.99. The molecule has 2 aromatic rings. The number of pyridine rings is 1. The minimum atomic E-state index is -0.0368. The van der Waals surface area contributed by atoms with E-state index in [1.54, 1.807) is 6.20 Å². The second kappa shape index (κ2) is 6.64.